The predicted octanol–water partition coefficient (Wildman–Crippen LogP) is 5.00. The molecule has 0 radical (unpaired) electrons. The van der Waals surface area contributed by atoms with Gasteiger partial charge in [0.25, 0.3) is 0 Å². The smallest absolute Gasteiger partial charge is 0.356 e. The van der Waals surface area contributed by atoms with E-state index in [9.17, 15) is 0 Å². The van der Waals surface area contributed by atoms with Crippen LogP contribution in [-0.4, -0.2) is 23.5 Å². The third kappa shape index (κ3) is 3.54. The van der Waals surface area contributed by atoms with Gasteiger partial charge in [-0.05, 0) is 41.5 Å². The Morgan fingerprint density at radius 3 is 1.56 bits per heavy atom. The zero-order valence-electron chi connectivity index (χ0n) is 21.4. The Morgan fingerprint density at radius 2 is 1.12 bits per heavy atom. The summed E-state index contributed by atoms with van der Waals surface area (Å²) in [5.41, 5.74) is 14.2. The summed E-state index contributed by atoms with van der Waals surface area (Å²) >= 11 is 0. The van der Waals surface area contributed by atoms with Crippen LogP contribution >= 0.6 is 0 Å². The molecule has 0 spiro atoms. The van der Waals surface area contributed by atoms with Crippen molar-refractivity contribution in [2.45, 2.75) is 62.3 Å². The molecule has 0 bridgehead atoms. The minimum atomic E-state index is -1.31. The fraction of sp³-hybridized carbons (Fsp3) is 0.367. The molecular formula is C30H38BN. The Balaban J connectivity index is 2.23. The maximum Gasteiger partial charge on any atom is 0.356 e. The summed E-state index contributed by atoms with van der Waals surface area (Å²) in [7, 11) is 0. The number of hydrogen-bond acceptors (Lipinski definition) is 0. The average molecular weight is 423 g/mol. The zero-order chi connectivity index (χ0) is 23.4. The number of benzene rings is 3. The van der Waals surface area contributed by atoms with E-state index in [4.69, 9.17) is 0 Å². The van der Waals surface area contributed by atoms with Crippen molar-refractivity contribution in [1.29, 1.82) is 0 Å². The third-order valence-electron chi connectivity index (χ3n) is 7.22. The van der Waals surface area contributed by atoms with Gasteiger partial charge in [0.2, 0.25) is 0 Å². The van der Waals surface area contributed by atoms with E-state index in [1.165, 1.54) is 55.3 Å². The van der Waals surface area contributed by atoms with Gasteiger partial charge in [0, 0.05) is 11.0 Å². The molecule has 0 amide bonds. The molecule has 0 saturated carbocycles. The highest BCUT2D eigenvalue weighted by atomic mass is 15.0. The first-order valence-corrected chi connectivity index (χ1v) is 12.0. The average Bonchev–Trinajstić information content (AvgIpc) is 2.93. The van der Waals surface area contributed by atoms with E-state index in [-0.39, 0.29) is 5.41 Å². The normalized spacial score (nSPS) is 15.0. The summed E-state index contributed by atoms with van der Waals surface area (Å²) in [6.45, 7) is 21.8. The van der Waals surface area contributed by atoms with Gasteiger partial charge in [0.1, 0.15) is 6.21 Å². The van der Waals surface area contributed by atoms with Crippen molar-refractivity contribution in [1.82, 2.24) is 0 Å². The Labute approximate surface area is 195 Å². The van der Waals surface area contributed by atoms with E-state index in [0.717, 1.165) is 6.54 Å². The SMILES string of the molecule is Cc1cc(C)c([B-]2(c3c(C)cc(C)cc3C)c3ccccc3C=[N+]2CC(C)(C)C)c(C)c1. The second-order valence-corrected chi connectivity index (χ2v) is 11.4. The molecule has 166 valence electrons. The highest BCUT2D eigenvalue weighted by Gasteiger charge is 2.51. The lowest BCUT2D eigenvalue weighted by Gasteiger charge is -2.42. The third-order valence-corrected chi connectivity index (χ3v) is 7.22. The highest BCUT2D eigenvalue weighted by molar-refractivity contribution is 7.08. The molecule has 1 aliphatic rings. The molecule has 0 saturated heterocycles. The first-order chi connectivity index (χ1) is 14.9. The second kappa shape index (κ2) is 7.76. The lowest BCUT2D eigenvalue weighted by molar-refractivity contribution is -0.403. The molecule has 0 unspecified atom stereocenters. The van der Waals surface area contributed by atoms with Crippen LogP contribution in [0.25, 0.3) is 0 Å². The number of fused-ring (bicyclic) bond motifs is 1. The first kappa shape index (κ1) is 22.6. The van der Waals surface area contributed by atoms with Crippen molar-refractivity contribution < 1.29 is 4.49 Å². The van der Waals surface area contributed by atoms with Gasteiger partial charge in [-0.2, -0.15) is 0 Å². The van der Waals surface area contributed by atoms with Gasteiger partial charge in [-0.3, -0.25) is 0 Å². The minimum absolute atomic E-state index is 0.171. The number of nitrogens with zero attached hydrogens (tertiary/aromatic N) is 1. The molecule has 0 N–H and O–H groups in total. The molecule has 0 atom stereocenters. The molecule has 0 fully saturated rings. The van der Waals surface area contributed by atoms with Gasteiger partial charge in [-0.1, -0.05) is 103 Å². The van der Waals surface area contributed by atoms with E-state index >= 15 is 0 Å². The van der Waals surface area contributed by atoms with Crippen molar-refractivity contribution in [3.05, 3.63) is 87.5 Å². The maximum absolute atomic E-state index is 2.71. The quantitative estimate of drug-likeness (QED) is 0.522. The lowest BCUT2D eigenvalue weighted by atomic mass is 9.22. The van der Waals surface area contributed by atoms with E-state index in [1.807, 2.05) is 0 Å². The van der Waals surface area contributed by atoms with E-state index in [0.29, 0.717) is 0 Å². The van der Waals surface area contributed by atoms with Crippen molar-refractivity contribution >= 4 is 28.9 Å². The summed E-state index contributed by atoms with van der Waals surface area (Å²) in [5.74, 6) is 0. The van der Waals surface area contributed by atoms with Crippen LogP contribution in [0.5, 0.6) is 0 Å². The van der Waals surface area contributed by atoms with Crippen molar-refractivity contribution in [2.24, 2.45) is 5.41 Å². The molecule has 1 aliphatic heterocycles. The Morgan fingerprint density at radius 1 is 0.688 bits per heavy atom. The van der Waals surface area contributed by atoms with Crippen LogP contribution in [0.4, 0.5) is 0 Å². The standard InChI is InChI=1S/C30H38BN/c1-20-14-22(3)28(23(4)15-20)31(29-24(5)16-21(2)17-25(29)6)27-13-11-10-12-26(27)18-32(31)19-30(7,8)9/h10-18H,19H2,1-9H3. The number of hydrogen-bond donors (Lipinski definition) is 0. The molecule has 1 heterocycles. The van der Waals surface area contributed by atoms with Crippen LogP contribution in [0.15, 0.2) is 48.5 Å². The molecule has 3 aromatic rings. The molecule has 2 heteroatoms. The van der Waals surface area contributed by atoms with E-state index in [2.05, 4.69) is 122 Å². The van der Waals surface area contributed by atoms with Crippen LogP contribution in [0.1, 0.15) is 59.7 Å². The van der Waals surface area contributed by atoms with Crippen molar-refractivity contribution in [2.75, 3.05) is 6.54 Å². The van der Waals surface area contributed by atoms with E-state index in [1.54, 1.807) is 0 Å². The maximum atomic E-state index is 2.71. The molecule has 0 aliphatic carbocycles. The Kier molecular flexibility index (Phi) is 5.48. The zero-order valence-corrected chi connectivity index (χ0v) is 21.4. The first-order valence-electron chi connectivity index (χ1n) is 12.0. The molecule has 4 rings (SSSR count). The minimum Gasteiger partial charge on any atom is -0.445 e. The summed E-state index contributed by atoms with van der Waals surface area (Å²) in [6.07, 6.45) is 1.13. The summed E-state index contributed by atoms with van der Waals surface area (Å²) in [6, 6.07) is 18.6. The van der Waals surface area contributed by atoms with Crippen LogP contribution in [-0.2, 0) is 0 Å². The van der Waals surface area contributed by atoms with Gasteiger partial charge >= 0.3 is 6.28 Å². The highest BCUT2D eigenvalue weighted by Crippen LogP contribution is 2.26. The van der Waals surface area contributed by atoms with Gasteiger partial charge in [0.15, 0.2) is 0 Å². The monoisotopic (exact) mass is 423 g/mol. The summed E-state index contributed by atoms with van der Waals surface area (Å²) in [5, 5.41) is 0. The molecule has 32 heavy (non-hydrogen) atoms. The van der Waals surface area contributed by atoms with E-state index < -0.39 is 6.28 Å². The van der Waals surface area contributed by atoms with Crippen molar-refractivity contribution in [3.8, 4) is 0 Å². The fourth-order valence-electron chi connectivity index (χ4n) is 6.70. The molecular weight excluding hydrogens is 385 g/mol. The number of rotatable bonds is 3. The Hall–Kier alpha value is -2.61. The summed E-state index contributed by atoms with van der Waals surface area (Å²) < 4.78 is 2.71. The van der Waals surface area contributed by atoms with Crippen LogP contribution in [0, 0.1) is 47.0 Å². The van der Waals surface area contributed by atoms with Crippen LogP contribution in [0.2, 0.25) is 0 Å². The summed E-state index contributed by atoms with van der Waals surface area (Å²) in [4.78, 5) is 0. The van der Waals surface area contributed by atoms with Gasteiger partial charge in [0.05, 0.1) is 6.54 Å². The topological polar surface area (TPSA) is 3.01 Å². The second-order valence-electron chi connectivity index (χ2n) is 11.4. The molecule has 0 aromatic heterocycles. The lowest BCUT2D eigenvalue weighted by Crippen LogP contribution is -2.75. The fourth-order valence-corrected chi connectivity index (χ4v) is 6.70. The van der Waals surface area contributed by atoms with Gasteiger partial charge < -0.3 is 4.49 Å². The van der Waals surface area contributed by atoms with Gasteiger partial charge in [-0.25, -0.2) is 0 Å². The number of aryl methyl sites for hydroxylation is 6. The predicted molar refractivity (Wildman–Crippen MR) is 142 cm³/mol. The molecule has 1 nitrogen and oxygen atoms in total. The largest absolute Gasteiger partial charge is 0.445 e. The Bertz CT molecular complexity index is 1140. The van der Waals surface area contributed by atoms with Crippen LogP contribution in [0.3, 0.4) is 0 Å². The van der Waals surface area contributed by atoms with Gasteiger partial charge in [-0.15, -0.1) is 16.4 Å². The van der Waals surface area contributed by atoms with Crippen molar-refractivity contribution in [3.63, 3.8) is 0 Å². The molecule has 3 aromatic carbocycles. The van der Waals surface area contributed by atoms with Crippen LogP contribution < -0.4 is 16.4 Å².